The van der Waals surface area contributed by atoms with Crippen LogP contribution >= 0.6 is 0 Å². The largest absolute Gasteiger partial charge is 0.467 e. The average molecular weight is 391 g/mol. The molecule has 8 nitrogen and oxygen atoms in total. The predicted octanol–water partition coefficient (Wildman–Crippen LogP) is 1.73. The Morgan fingerprint density at radius 1 is 1.07 bits per heavy atom. The van der Waals surface area contributed by atoms with Gasteiger partial charge < -0.3 is 19.5 Å². The summed E-state index contributed by atoms with van der Waals surface area (Å²) < 4.78 is 14.1. The first-order chi connectivity index (χ1) is 13.3. The molecule has 1 aromatic carbocycles. The second kappa shape index (κ2) is 11.5. The molecule has 0 saturated heterocycles. The smallest absolute Gasteiger partial charge is 0.337 e. The van der Waals surface area contributed by atoms with Crippen molar-refractivity contribution in [3.05, 3.63) is 41.5 Å². The number of benzene rings is 1. The number of nitrogens with one attached hydrogen (secondary N) is 1. The fraction of sp³-hybridized carbons (Fsp3) is 0.400. The van der Waals surface area contributed by atoms with E-state index in [0.29, 0.717) is 17.5 Å². The Hall–Kier alpha value is -3.16. The second-order valence-electron chi connectivity index (χ2n) is 6.01. The van der Waals surface area contributed by atoms with Crippen molar-refractivity contribution in [2.45, 2.75) is 26.3 Å². The Labute approximate surface area is 163 Å². The van der Waals surface area contributed by atoms with Crippen LogP contribution < -0.4 is 5.32 Å². The molecule has 0 bridgehead atoms. The molecule has 0 aromatic heterocycles. The molecule has 1 rings (SSSR count). The van der Waals surface area contributed by atoms with Gasteiger partial charge in [0.05, 0.1) is 19.8 Å². The highest BCUT2D eigenvalue weighted by Crippen LogP contribution is 2.09. The first-order valence-corrected chi connectivity index (χ1v) is 8.72. The zero-order chi connectivity index (χ0) is 21.1. The molecule has 2 atom stereocenters. The van der Waals surface area contributed by atoms with Gasteiger partial charge >= 0.3 is 17.9 Å². The molecular weight excluding hydrogens is 366 g/mol. The van der Waals surface area contributed by atoms with Gasteiger partial charge in [-0.25, -0.2) is 14.4 Å². The molecule has 0 saturated carbocycles. The van der Waals surface area contributed by atoms with Crippen molar-refractivity contribution in [1.29, 1.82) is 0 Å². The van der Waals surface area contributed by atoms with Crippen LogP contribution in [0.25, 0.3) is 6.08 Å². The SMILES string of the molecule is CC[C@H](C)[C@@H](NC(=O)COC(=O)/C=C/c1ccc(C(=O)OC)cc1)C(=O)OC. The molecule has 0 aliphatic rings. The maximum atomic E-state index is 11.9. The van der Waals surface area contributed by atoms with Gasteiger partial charge in [-0.15, -0.1) is 0 Å². The van der Waals surface area contributed by atoms with E-state index >= 15 is 0 Å². The Bertz CT molecular complexity index is 725. The summed E-state index contributed by atoms with van der Waals surface area (Å²) in [4.78, 5) is 46.8. The Kier molecular flexibility index (Phi) is 9.42. The van der Waals surface area contributed by atoms with Crippen LogP contribution in [0.1, 0.15) is 36.2 Å². The molecule has 152 valence electrons. The summed E-state index contributed by atoms with van der Waals surface area (Å²) in [5, 5.41) is 2.51. The van der Waals surface area contributed by atoms with Gasteiger partial charge in [0.25, 0.3) is 5.91 Å². The van der Waals surface area contributed by atoms with E-state index in [2.05, 4.69) is 14.8 Å². The lowest BCUT2D eigenvalue weighted by atomic mass is 9.99. The van der Waals surface area contributed by atoms with Gasteiger partial charge in [-0.2, -0.15) is 0 Å². The average Bonchev–Trinajstić information content (AvgIpc) is 2.73. The van der Waals surface area contributed by atoms with E-state index in [-0.39, 0.29) is 5.92 Å². The van der Waals surface area contributed by atoms with Gasteiger partial charge in [0.2, 0.25) is 0 Å². The topological polar surface area (TPSA) is 108 Å². The van der Waals surface area contributed by atoms with Gasteiger partial charge in [-0.05, 0) is 29.7 Å². The quantitative estimate of drug-likeness (QED) is 0.388. The number of rotatable bonds is 9. The summed E-state index contributed by atoms with van der Waals surface area (Å²) in [6.07, 6.45) is 3.31. The standard InChI is InChI=1S/C20H25NO7/c1-5-13(2)18(20(25)27-4)21-16(22)12-28-17(23)11-8-14-6-9-15(10-7-14)19(24)26-3/h6-11,13,18H,5,12H2,1-4H3,(H,21,22)/b11-8+/t13-,18+/m0/s1. The summed E-state index contributed by atoms with van der Waals surface area (Å²) in [5.41, 5.74) is 1.05. The van der Waals surface area contributed by atoms with Crippen molar-refractivity contribution in [2.75, 3.05) is 20.8 Å². The van der Waals surface area contributed by atoms with E-state index < -0.39 is 36.5 Å². The Morgan fingerprint density at radius 2 is 1.71 bits per heavy atom. The summed E-state index contributed by atoms with van der Waals surface area (Å²) in [7, 11) is 2.53. The van der Waals surface area contributed by atoms with Crippen LogP contribution in [0, 0.1) is 5.92 Å². The fourth-order valence-electron chi connectivity index (χ4n) is 2.21. The molecule has 1 N–H and O–H groups in total. The van der Waals surface area contributed by atoms with Crippen LogP contribution in [0.2, 0.25) is 0 Å². The first kappa shape index (κ1) is 22.9. The maximum absolute atomic E-state index is 11.9. The summed E-state index contributed by atoms with van der Waals surface area (Å²) >= 11 is 0. The third-order valence-electron chi connectivity index (χ3n) is 4.07. The van der Waals surface area contributed by atoms with E-state index in [0.717, 1.165) is 6.08 Å². The number of amides is 1. The number of carbonyl (C=O) groups is 4. The van der Waals surface area contributed by atoms with Crippen LogP contribution in [0.5, 0.6) is 0 Å². The molecule has 0 fully saturated rings. The van der Waals surface area contributed by atoms with Crippen LogP contribution in [0.15, 0.2) is 30.3 Å². The number of hydrogen-bond acceptors (Lipinski definition) is 7. The minimum atomic E-state index is -0.801. The summed E-state index contributed by atoms with van der Waals surface area (Å²) in [6, 6.07) is 5.59. The lowest BCUT2D eigenvalue weighted by Gasteiger charge is -2.21. The van der Waals surface area contributed by atoms with Crippen molar-refractivity contribution in [3.63, 3.8) is 0 Å². The minimum Gasteiger partial charge on any atom is -0.467 e. The van der Waals surface area contributed by atoms with Crippen molar-refractivity contribution in [3.8, 4) is 0 Å². The molecule has 1 aromatic rings. The number of methoxy groups -OCH3 is 2. The molecule has 0 heterocycles. The van der Waals surface area contributed by atoms with E-state index in [1.807, 2.05) is 13.8 Å². The highest BCUT2D eigenvalue weighted by molar-refractivity contribution is 5.91. The van der Waals surface area contributed by atoms with Crippen LogP contribution in [-0.4, -0.2) is 50.7 Å². The summed E-state index contributed by atoms with van der Waals surface area (Å²) in [6.45, 7) is 3.17. The van der Waals surface area contributed by atoms with E-state index in [1.165, 1.54) is 20.3 Å². The lowest BCUT2D eigenvalue weighted by molar-refractivity contribution is -0.148. The third kappa shape index (κ3) is 7.22. The minimum absolute atomic E-state index is 0.125. The highest BCUT2D eigenvalue weighted by atomic mass is 16.5. The normalized spacial score (nSPS) is 12.7. The molecule has 0 spiro atoms. The summed E-state index contributed by atoms with van der Waals surface area (Å²) in [5.74, 6) is -2.45. The predicted molar refractivity (Wildman–Crippen MR) is 101 cm³/mol. The maximum Gasteiger partial charge on any atom is 0.337 e. The number of carbonyl (C=O) groups excluding carboxylic acids is 4. The number of esters is 3. The molecule has 0 aliphatic heterocycles. The number of ether oxygens (including phenoxy) is 3. The molecular formula is C20H25NO7. The van der Waals surface area contributed by atoms with Crippen LogP contribution in [-0.2, 0) is 28.6 Å². The number of hydrogen-bond donors (Lipinski definition) is 1. The van der Waals surface area contributed by atoms with Crippen molar-refractivity contribution in [2.24, 2.45) is 5.92 Å². The van der Waals surface area contributed by atoms with Gasteiger partial charge in [0.1, 0.15) is 6.04 Å². The third-order valence-corrected chi connectivity index (χ3v) is 4.07. The fourth-order valence-corrected chi connectivity index (χ4v) is 2.21. The Balaban J connectivity index is 2.54. The van der Waals surface area contributed by atoms with Gasteiger partial charge in [0.15, 0.2) is 6.61 Å². The van der Waals surface area contributed by atoms with Gasteiger partial charge in [-0.3, -0.25) is 4.79 Å². The molecule has 0 aliphatic carbocycles. The highest BCUT2D eigenvalue weighted by Gasteiger charge is 2.26. The van der Waals surface area contributed by atoms with Crippen molar-refractivity contribution >= 4 is 29.9 Å². The van der Waals surface area contributed by atoms with Crippen molar-refractivity contribution < 1.29 is 33.4 Å². The van der Waals surface area contributed by atoms with E-state index in [1.54, 1.807) is 24.3 Å². The second-order valence-corrected chi connectivity index (χ2v) is 6.01. The molecule has 0 unspecified atom stereocenters. The molecule has 1 amide bonds. The van der Waals surface area contributed by atoms with E-state index in [4.69, 9.17) is 4.74 Å². The van der Waals surface area contributed by atoms with Gasteiger partial charge in [-0.1, -0.05) is 32.4 Å². The monoisotopic (exact) mass is 391 g/mol. The first-order valence-electron chi connectivity index (χ1n) is 8.72. The van der Waals surface area contributed by atoms with Crippen molar-refractivity contribution in [1.82, 2.24) is 5.32 Å². The zero-order valence-electron chi connectivity index (χ0n) is 16.4. The Morgan fingerprint density at radius 3 is 2.25 bits per heavy atom. The molecule has 8 heteroatoms. The zero-order valence-corrected chi connectivity index (χ0v) is 16.4. The van der Waals surface area contributed by atoms with E-state index in [9.17, 15) is 19.2 Å². The van der Waals surface area contributed by atoms with Crippen LogP contribution in [0.3, 0.4) is 0 Å². The molecule has 28 heavy (non-hydrogen) atoms. The lowest BCUT2D eigenvalue weighted by Crippen LogP contribution is -2.47. The van der Waals surface area contributed by atoms with Gasteiger partial charge in [0, 0.05) is 6.08 Å². The molecule has 0 radical (unpaired) electrons. The van der Waals surface area contributed by atoms with Crippen LogP contribution in [0.4, 0.5) is 0 Å².